The Labute approximate surface area is 77.4 Å². The molecule has 0 saturated heterocycles. The van der Waals surface area contributed by atoms with Crippen LogP contribution in [0.15, 0.2) is 12.5 Å². The number of carbonyl (C=O) groups is 1. The number of aryl methyl sites for hydroxylation is 1. The van der Waals surface area contributed by atoms with Crippen molar-refractivity contribution in [2.45, 2.75) is 0 Å². The van der Waals surface area contributed by atoms with E-state index < -0.39 is 0 Å². The minimum atomic E-state index is -0.199. The second kappa shape index (κ2) is 3.02. The van der Waals surface area contributed by atoms with Crippen molar-refractivity contribution in [2.24, 2.45) is 7.05 Å². The van der Waals surface area contributed by atoms with Gasteiger partial charge in [-0.3, -0.25) is 4.79 Å². The average Bonchev–Trinajstić information content (AvgIpc) is 2.72. The van der Waals surface area contributed by atoms with Gasteiger partial charge in [-0.25, -0.2) is 9.67 Å². The largest absolute Gasteiger partial charge is 0.284 e. The molecule has 0 unspecified atom stereocenters. The Bertz CT molecular complexity index is 420. The lowest BCUT2D eigenvalue weighted by Crippen LogP contribution is -2.08. The number of carbonyl (C=O) groups excluding carboxylic acids is 1. The molecule has 66 valence electrons. The molecular formula is C6H5N5OS. The Kier molecular flexibility index (Phi) is 1.85. The Morgan fingerprint density at radius 1 is 1.62 bits per heavy atom. The first-order valence-electron chi connectivity index (χ1n) is 3.45. The first-order valence-corrected chi connectivity index (χ1v) is 4.22. The molecule has 2 heterocycles. The molecule has 2 rings (SSSR count). The van der Waals surface area contributed by atoms with Crippen LogP contribution < -0.4 is 0 Å². The second-order valence-corrected chi connectivity index (χ2v) is 3.10. The van der Waals surface area contributed by atoms with E-state index in [1.165, 1.54) is 17.2 Å². The standard InChI is InChI=1S/C6H5N5OS/c1-11-6(7-3-9-11)5(12)4-2-8-10-13-4/h2-3H,1H3. The summed E-state index contributed by atoms with van der Waals surface area (Å²) in [6.07, 6.45) is 2.75. The summed E-state index contributed by atoms with van der Waals surface area (Å²) >= 11 is 1.05. The van der Waals surface area contributed by atoms with Crippen LogP contribution in [0.3, 0.4) is 0 Å². The molecule has 2 aromatic rings. The SMILES string of the molecule is Cn1ncnc1C(=O)c1cnns1. The first-order chi connectivity index (χ1) is 6.29. The van der Waals surface area contributed by atoms with E-state index in [9.17, 15) is 4.79 Å². The predicted octanol–water partition coefficient (Wildman–Crippen LogP) is -0.102. The number of ketones is 1. The molecule has 13 heavy (non-hydrogen) atoms. The van der Waals surface area contributed by atoms with Crippen LogP contribution in [0.2, 0.25) is 0 Å². The van der Waals surface area contributed by atoms with Crippen LogP contribution in [0.5, 0.6) is 0 Å². The van der Waals surface area contributed by atoms with Crippen molar-refractivity contribution in [3.63, 3.8) is 0 Å². The molecule has 0 bridgehead atoms. The van der Waals surface area contributed by atoms with Gasteiger partial charge in [-0.05, 0) is 11.5 Å². The van der Waals surface area contributed by atoms with Crippen molar-refractivity contribution in [2.75, 3.05) is 0 Å². The summed E-state index contributed by atoms with van der Waals surface area (Å²) in [7, 11) is 1.66. The number of nitrogens with zero attached hydrogens (tertiary/aromatic N) is 5. The highest BCUT2D eigenvalue weighted by Crippen LogP contribution is 2.07. The van der Waals surface area contributed by atoms with Gasteiger partial charge in [0.15, 0.2) is 5.82 Å². The molecular weight excluding hydrogens is 190 g/mol. The fourth-order valence-corrected chi connectivity index (χ4v) is 1.33. The molecule has 0 radical (unpaired) electrons. The highest BCUT2D eigenvalue weighted by Gasteiger charge is 2.16. The molecule has 0 aromatic carbocycles. The lowest BCUT2D eigenvalue weighted by Gasteiger charge is -1.93. The van der Waals surface area contributed by atoms with Crippen LogP contribution in [0.4, 0.5) is 0 Å². The monoisotopic (exact) mass is 195 g/mol. The molecule has 0 saturated carbocycles. The lowest BCUT2D eigenvalue weighted by atomic mass is 10.3. The minimum Gasteiger partial charge on any atom is -0.284 e. The van der Waals surface area contributed by atoms with Crippen molar-refractivity contribution >= 4 is 17.3 Å². The maximum atomic E-state index is 11.6. The molecule has 6 nitrogen and oxygen atoms in total. The van der Waals surface area contributed by atoms with Gasteiger partial charge in [0.25, 0.3) is 0 Å². The van der Waals surface area contributed by atoms with E-state index in [2.05, 4.69) is 19.7 Å². The normalized spacial score (nSPS) is 10.2. The van der Waals surface area contributed by atoms with Crippen molar-refractivity contribution in [3.8, 4) is 0 Å². The van der Waals surface area contributed by atoms with E-state index in [1.54, 1.807) is 7.05 Å². The van der Waals surface area contributed by atoms with Crippen molar-refractivity contribution in [1.82, 2.24) is 24.4 Å². The summed E-state index contributed by atoms with van der Waals surface area (Å²) in [5.41, 5.74) is 0. The van der Waals surface area contributed by atoms with Gasteiger partial charge in [0, 0.05) is 7.05 Å². The Morgan fingerprint density at radius 3 is 3.00 bits per heavy atom. The third-order valence-electron chi connectivity index (χ3n) is 1.50. The summed E-state index contributed by atoms with van der Waals surface area (Å²) in [5, 5.41) is 7.37. The van der Waals surface area contributed by atoms with Crippen LogP contribution in [0.1, 0.15) is 15.5 Å². The van der Waals surface area contributed by atoms with E-state index in [0.29, 0.717) is 10.7 Å². The average molecular weight is 195 g/mol. The zero-order chi connectivity index (χ0) is 9.26. The summed E-state index contributed by atoms with van der Waals surface area (Å²) < 4.78 is 5.01. The number of aromatic nitrogens is 5. The molecule has 0 fully saturated rings. The van der Waals surface area contributed by atoms with Crippen LogP contribution in [0.25, 0.3) is 0 Å². The highest BCUT2D eigenvalue weighted by atomic mass is 32.1. The molecule has 0 aliphatic heterocycles. The molecule has 0 spiro atoms. The van der Waals surface area contributed by atoms with Gasteiger partial charge >= 0.3 is 0 Å². The quantitative estimate of drug-likeness (QED) is 0.625. The third-order valence-corrected chi connectivity index (χ3v) is 2.16. The van der Waals surface area contributed by atoms with Crippen molar-refractivity contribution in [1.29, 1.82) is 0 Å². The van der Waals surface area contributed by atoms with Crippen molar-refractivity contribution < 1.29 is 4.79 Å². The molecule has 0 aliphatic carbocycles. The number of hydrogen-bond acceptors (Lipinski definition) is 6. The third kappa shape index (κ3) is 1.33. The van der Waals surface area contributed by atoms with E-state index >= 15 is 0 Å². The summed E-state index contributed by atoms with van der Waals surface area (Å²) in [4.78, 5) is 15.9. The lowest BCUT2D eigenvalue weighted by molar-refractivity contribution is 0.102. The van der Waals surface area contributed by atoms with Gasteiger partial charge in [-0.1, -0.05) is 4.49 Å². The zero-order valence-electron chi connectivity index (χ0n) is 6.71. The first kappa shape index (κ1) is 7.99. The van der Waals surface area contributed by atoms with Gasteiger partial charge in [-0.15, -0.1) is 5.10 Å². The molecule has 7 heteroatoms. The van der Waals surface area contributed by atoms with Crippen molar-refractivity contribution in [3.05, 3.63) is 23.2 Å². The summed E-state index contributed by atoms with van der Waals surface area (Å²) in [6.45, 7) is 0. The maximum Gasteiger partial charge on any atom is 0.243 e. The fourth-order valence-electron chi connectivity index (χ4n) is 0.879. The number of hydrogen-bond donors (Lipinski definition) is 0. The van der Waals surface area contributed by atoms with Gasteiger partial charge in [0.1, 0.15) is 11.2 Å². The molecule has 0 aliphatic rings. The fraction of sp³-hybridized carbons (Fsp3) is 0.167. The van der Waals surface area contributed by atoms with Crippen LogP contribution in [-0.4, -0.2) is 30.1 Å². The van der Waals surface area contributed by atoms with Crippen LogP contribution in [-0.2, 0) is 7.05 Å². The van der Waals surface area contributed by atoms with Gasteiger partial charge < -0.3 is 0 Å². The minimum absolute atomic E-state index is 0.199. The second-order valence-electron chi connectivity index (χ2n) is 2.32. The Balaban J connectivity index is 2.39. The highest BCUT2D eigenvalue weighted by molar-refractivity contribution is 7.08. The Morgan fingerprint density at radius 2 is 2.46 bits per heavy atom. The smallest absolute Gasteiger partial charge is 0.243 e. The Hall–Kier alpha value is -1.63. The topological polar surface area (TPSA) is 73.6 Å². The molecule has 2 aromatic heterocycles. The van der Waals surface area contributed by atoms with E-state index in [0.717, 1.165) is 11.5 Å². The molecule has 0 amide bonds. The summed E-state index contributed by atoms with van der Waals surface area (Å²) in [6, 6.07) is 0. The maximum absolute atomic E-state index is 11.6. The van der Waals surface area contributed by atoms with Gasteiger partial charge in [0.2, 0.25) is 5.78 Å². The van der Waals surface area contributed by atoms with E-state index in [-0.39, 0.29) is 5.78 Å². The predicted molar refractivity (Wildman–Crippen MR) is 44.3 cm³/mol. The van der Waals surface area contributed by atoms with E-state index in [1.807, 2.05) is 0 Å². The van der Waals surface area contributed by atoms with Gasteiger partial charge in [0.05, 0.1) is 6.20 Å². The van der Waals surface area contributed by atoms with E-state index in [4.69, 9.17) is 0 Å². The number of rotatable bonds is 2. The molecule has 0 atom stereocenters. The van der Waals surface area contributed by atoms with Crippen LogP contribution in [0, 0.1) is 0 Å². The van der Waals surface area contributed by atoms with Gasteiger partial charge in [-0.2, -0.15) is 5.10 Å². The van der Waals surface area contributed by atoms with Crippen LogP contribution >= 0.6 is 11.5 Å². The zero-order valence-corrected chi connectivity index (χ0v) is 7.52. The summed E-state index contributed by atoms with van der Waals surface area (Å²) in [5.74, 6) is 0.0982. The molecule has 0 N–H and O–H groups in total.